The second kappa shape index (κ2) is 10.8. The molecular formula is C28H31NO5. The van der Waals surface area contributed by atoms with Crippen molar-refractivity contribution in [3.05, 3.63) is 108 Å². The fourth-order valence-corrected chi connectivity index (χ4v) is 4.56. The van der Waals surface area contributed by atoms with Crippen LogP contribution in [0.4, 0.5) is 0 Å². The summed E-state index contributed by atoms with van der Waals surface area (Å²) >= 11 is 0. The standard InChI is InChI=1S/C28H31NO5/c29-24-25(31-17-22-12-6-2-7-13-22)26(32-18-23-14-8-3-9-15-23)28(20-33-27(24)34-28)19-30-16-21-10-4-1-5-11-21/h1-15,24-27H,16-20,29H2/t24-,25-,26-,27+,28+/m1/s1. The summed E-state index contributed by atoms with van der Waals surface area (Å²) in [6, 6.07) is 29.7. The van der Waals surface area contributed by atoms with Gasteiger partial charge in [0.2, 0.25) is 0 Å². The Morgan fingerprint density at radius 2 is 1.26 bits per heavy atom. The third-order valence-corrected chi connectivity index (χ3v) is 6.37. The van der Waals surface area contributed by atoms with Crippen molar-refractivity contribution in [2.45, 2.75) is 50.0 Å². The van der Waals surface area contributed by atoms with Crippen LogP contribution in [-0.4, -0.2) is 43.4 Å². The van der Waals surface area contributed by atoms with Gasteiger partial charge in [0.1, 0.15) is 17.8 Å². The monoisotopic (exact) mass is 461 g/mol. The number of benzene rings is 3. The molecule has 178 valence electrons. The van der Waals surface area contributed by atoms with Crippen LogP contribution in [0.2, 0.25) is 0 Å². The molecule has 0 unspecified atom stereocenters. The zero-order valence-corrected chi connectivity index (χ0v) is 19.1. The number of ether oxygens (including phenoxy) is 5. The average Bonchev–Trinajstić information content (AvgIpc) is 3.28. The number of rotatable bonds is 10. The van der Waals surface area contributed by atoms with Crippen LogP contribution in [0.5, 0.6) is 0 Å². The summed E-state index contributed by atoms with van der Waals surface area (Å²) in [7, 11) is 0. The third kappa shape index (κ3) is 5.23. The highest BCUT2D eigenvalue weighted by Crippen LogP contribution is 2.40. The molecule has 2 aliphatic rings. The Balaban J connectivity index is 1.34. The summed E-state index contributed by atoms with van der Waals surface area (Å²) in [4.78, 5) is 0. The summed E-state index contributed by atoms with van der Waals surface area (Å²) in [6.45, 7) is 1.97. The summed E-state index contributed by atoms with van der Waals surface area (Å²) in [5.41, 5.74) is 9.01. The predicted molar refractivity (Wildman–Crippen MR) is 128 cm³/mol. The molecule has 3 aromatic rings. The minimum atomic E-state index is -0.800. The molecule has 2 heterocycles. The van der Waals surface area contributed by atoms with Gasteiger partial charge in [-0.15, -0.1) is 0 Å². The molecule has 2 fully saturated rings. The Morgan fingerprint density at radius 3 is 1.85 bits per heavy atom. The Kier molecular flexibility index (Phi) is 7.35. The molecule has 5 atom stereocenters. The molecule has 2 aliphatic heterocycles. The van der Waals surface area contributed by atoms with Crippen LogP contribution in [0.3, 0.4) is 0 Å². The van der Waals surface area contributed by atoms with Gasteiger partial charge in [-0.3, -0.25) is 0 Å². The SMILES string of the molecule is N[C@H]1[C@H]2OC[C@](COCc3ccccc3)(O2)[C@H](OCc2ccccc2)[C@@H]1OCc1ccccc1. The number of hydrogen-bond donors (Lipinski definition) is 1. The Morgan fingerprint density at radius 1 is 0.735 bits per heavy atom. The normalized spacial score (nSPS) is 28.1. The first-order valence-corrected chi connectivity index (χ1v) is 11.7. The lowest BCUT2D eigenvalue weighted by Gasteiger charge is -2.45. The van der Waals surface area contributed by atoms with Crippen LogP contribution in [-0.2, 0) is 43.5 Å². The van der Waals surface area contributed by atoms with E-state index in [9.17, 15) is 0 Å². The van der Waals surface area contributed by atoms with Crippen molar-refractivity contribution in [2.75, 3.05) is 13.2 Å². The van der Waals surface area contributed by atoms with Crippen molar-refractivity contribution in [1.29, 1.82) is 0 Å². The molecule has 2 saturated heterocycles. The lowest BCUT2D eigenvalue weighted by molar-refractivity contribution is -0.260. The molecule has 6 nitrogen and oxygen atoms in total. The lowest BCUT2D eigenvalue weighted by Crippen LogP contribution is -2.66. The molecule has 0 saturated carbocycles. The van der Waals surface area contributed by atoms with E-state index in [1.165, 1.54) is 0 Å². The van der Waals surface area contributed by atoms with E-state index in [1.54, 1.807) is 0 Å². The van der Waals surface area contributed by atoms with Gasteiger partial charge in [-0.2, -0.15) is 0 Å². The maximum Gasteiger partial charge on any atom is 0.176 e. The number of nitrogens with two attached hydrogens (primary N) is 1. The van der Waals surface area contributed by atoms with Gasteiger partial charge in [-0.25, -0.2) is 0 Å². The molecular weight excluding hydrogens is 430 g/mol. The van der Waals surface area contributed by atoms with Gasteiger partial charge >= 0.3 is 0 Å². The minimum absolute atomic E-state index is 0.315. The van der Waals surface area contributed by atoms with E-state index in [4.69, 9.17) is 29.4 Å². The molecule has 6 heteroatoms. The number of hydrogen-bond acceptors (Lipinski definition) is 6. The van der Waals surface area contributed by atoms with Crippen LogP contribution in [0.25, 0.3) is 0 Å². The summed E-state index contributed by atoms with van der Waals surface area (Å²) < 4.78 is 31.3. The highest BCUT2D eigenvalue weighted by molar-refractivity contribution is 5.16. The molecule has 0 spiro atoms. The molecule has 0 radical (unpaired) electrons. The Bertz CT molecular complexity index is 1020. The van der Waals surface area contributed by atoms with Gasteiger partial charge in [0.05, 0.1) is 39.1 Å². The molecule has 3 aromatic carbocycles. The minimum Gasteiger partial charge on any atom is -0.374 e. The average molecular weight is 462 g/mol. The fraction of sp³-hybridized carbons (Fsp3) is 0.357. The second-order valence-electron chi connectivity index (χ2n) is 8.90. The van der Waals surface area contributed by atoms with Crippen molar-refractivity contribution in [3.63, 3.8) is 0 Å². The van der Waals surface area contributed by atoms with E-state index in [-0.39, 0.29) is 0 Å². The smallest absolute Gasteiger partial charge is 0.176 e. The summed E-state index contributed by atoms with van der Waals surface area (Å²) in [6.07, 6.45) is -1.43. The van der Waals surface area contributed by atoms with E-state index in [2.05, 4.69) is 0 Å². The first-order chi connectivity index (χ1) is 16.7. The van der Waals surface area contributed by atoms with E-state index >= 15 is 0 Å². The quantitative estimate of drug-likeness (QED) is 0.495. The Hall–Kier alpha value is -2.58. The van der Waals surface area contributed by atoms with E-state index in [0.29, 0.717) is 33.0 Å². The first kappa shape index (κ1) is 23.2. The van der Waals surface area contributed by atoms with Crippen molar-refractivity contribution in [1.82, 2.24) is 0 Å². The molecule has 0 aliphatic carbocycles. The summed E-state index contributed by atoms with van der Waals surface area (Å²) in [5.74, 6) is 0. The topological polar surface area (TPSA) is 72.2 Å². The largest absolute Gasteiger partial charge is 0.374 e. The maximum atomic E-state index is 6.57. The van der Waals surface area contributed by atoms with Gasteiger partial charge in [0, 0.05) is 0 Å². The molecule has 2 N–H and O–H groups in total. The van der Waals surface area contributed by atoms with Crippen LogP contribution in [0.1, 0.15) is 16.7 Å². The highest BCUT2D eigenvalue weighted by atomic mass is 16.8. The lowest BCUT2D eigenvalue weighted by atomic mass is 9.88. The van der Waals surface area contributed by atoms with Gasteiger partial charge in [0.25, 0.3) is 0 Å². The molecule has 2 bridgehead atoms. The highest BCUT2D eigenvalue weighted by Gasteiger charge is 2.60. The Labute approximate surface area is 200 Å². The van der Waals surface area contributed by atoms with Gasteiger partial charge in [-0.1, -0.05) is 91.0 Å². The van der Waals surface area contributed by atoms with Crippen molar-refractivity contribution in [3.8, 4) is 0 Å². The van der Waals surface area contributed by atoms with Crippen molar-refractivity contribution >= 4 is 0 Å². The van der Waals surface area contributed by atoms with Crippen LogP contribution >= 0.6 is 0 Å². The molecule has 0 aromatic heterocycles. The maximum absolute atomic E-state index is 6.57. The van der Waals surface area contributed by atoms with Crippen molar-refractivity contribution < 1.29 is 23.7 Å². The van der Waals surface area contributed by atoms with Crippen LogP contribution in [0, 0.1) is 0 Å². The van der Waals surface area contributed by atoms with Crippen LogP contribution < -0.4 is 5.73 Å². The molecule has 34 heavy (non-hydrogen) atoms. The number of fused-ring (bicyclic) bond motifs is 2. The van der Waals surface area contributed by atoms with E-state index in [0.717, 1.165) is 16.7 Å². The fourth-order valence-electron chi connectivity index (χ4n) is 4.56. The van der Waals surface area contributed by atoms with Gasteiger partial charge in [-0.05, 0) is 16.7 Å². The zero-order chi connectivity index (χ0) is 23.2. The van der Waals surface area contributed by atoms with Crippen LogP contribution in [0.15, 0.2) is 91.0 Å². The van der Waals surface area contributed by atoms with E-state index in [1.807, 2.05) is 91.0 Å². The van der Waals surface area contributed by atoms with Crippen molar-refractivity contribution in [2.24, 2.45) is 5.73 Å². The second-order valence-corrected chi connectivity index (χ2v) is 8.90. The summed E-state index contributed by atoms with van der Waals surface area (Å²) in [5, 5.41) is 0. The van der Waals surface area contributed by atoms with E-state index < -0.39 is 30.1 Å². The zero-order valence-electron chi connectivity index (χ0n) is 19.1. The first-order valence-electron chi connectivity index (χ1n) is 11.7. The molecule has 5 rings (SSSR count). The molecule has 0 amide bonds. The van der Waals surface area contributed by atoms with Gasteiger partial charge in [0.15, 0.2) is 6.29 Å². The van der Waals surface area contributed by atoms with Gasteiger partial charge < -0.3 is 29.4 Å². The third-order valence-electron chi connectivity index (χ3n) is 6.37. The predicted octanol–water partition coefficient (Wildman–Crippen LogP) is 3.83.